The van der Waals surface area contributed by atoms with Crippen molar-refractivity contribution in [2.75, 3.05) is 0 Å². The first-order chi connectivity index (χ1) is 18.8. The van der Waals surface area contributed by atoms with Crippen LogP contribution < -0.4 is 0 Å². The lowest BCUT2D eigenvalue weighted by Crippen LogP contribution is -1.90. The van der Waals surface area contributed by atoms with Crippen LogP contribution in [0.4, 0.5) is 0 Å². The molecule has 8 rings (SSSR count). The van der Waals surface area contributed by atoms with E-state index in [1.165, 1.54) is 70.9 Å². The van der Waals surface area contributed by atoms with Gasteiger partial charge in [0, 0.05) is 10.8 Å². The van der Waals surface area contributed by atoms with Gasteiger partial charge in [0.1, 0.15) is 11.2 Å². The van der Waals surface area contributed by atoms with E-state index in [0.717, 1.165) is 11.2 Å². The van der Waals surface area contributed by atoms with Gasteiger partial charge in [0.05, 0.1) is 0 Å². The van der Waals surface area contributed by atoms with Crippen molar-refractivity contribution in [1.82, 2.24) is 0 Å². The summed E-state index contributed by atoms with van der Waals surface area (Å²) in [6.45, 7) is 2.21. The van der Waals surface area contributed by atoms with E-state index in [0.29, 0.717) is 0 Å². The average Bonchev–Trinajstić information content (AvgIpc) is 3.34. The summed E-state index contributed by atoms with van der Waals surface area (Å²) in [5, 5.41) is 9.93. The van der Waals surface area contributed by atoms with Gasteiger partial charge in [-0.3, -0.25) is 0 Å². The van der Waals surface area contributed by atoms with Gasteiger partial charge in [0.15, 0.2) is 0 Å². The van der Waals surface area contributed by atoms with Crippen LogP contribution in [0.5, 0.6) is 0 Å². The maximum Gasteiger partial charge on any atom is 0.136 e. The molecule has 8 aromatic rings. The summed E-state index contributed by atoms with van der Waals surface area (Å²) >= 11 is 0. The third-order valence-corrected chi connectivity index (χ3v) is 8.02. The minimum absolute atomic E-state index is 0.927. The van der Waals surface area contributed by atoms with Crippen LogP contribution in [-0.2, 0) is 0 Å². The van der Waals surface area contributed by atoms with Crippen molar-refractivity contribution >= 4 is 54.3 Å². The van der Waals surface area contributed by atoms with E-state index in [-0.39, 0.29) is 0 Å². The van der Waals surface area contributed by atoms with Gasteiger partial charge in [-0.25, -0.2) is 0 Å². The van der Waals surface area contributed by atoms with Gasteiger partial charge in [-0.15, -0.1) is 0 Å². The van der Waals surface area contributed by atoms with Crippen LogP contribution >= 0.6 is 0 Å². The van der Waals surface area contributed by atoms with Crippen LogP contribution in [0.3, 0.4) is 0 Å². The first kappa shape index (κ1) is 21.2. The Labute approximate surface area is 220 Å². The molecule has 38 heavy (non-hydrogen) atoms. The second-order valence-corrected chi connectivity index (χ2v) is 10.1. The van der Waals surface area contributed by atoms with Crippen LogP contribution in [0, 0.1) is 6.92 Å². The lowest BCUT2D eigenvalue weighted by molar-refractivity contribution is 0.669. The zero-order valence-electron chi connectivity index (χ0n) is 21.0. The minimum atomic E-state index is 0.927. The molecule has 0 saturated heterocycles. The van der Waals surface area contributed by atoms with E-state index < -0.39 is 0 Å². The van der Waals surface area contributed by atoms with Crippen LogP contribution in [0.1, 0.15) is 5.56 Å². The SMILES string of the molecule is Cc1c2ccccc2cc2oc3ccc(-c4c5ccccc5c(-c5ccccc5)c5ccccc45)cc3c12. The molecule has 0 N–H and O–H groups in total. The molecule has 0 spiro atoms. The molecule has 1 aromatic heterocycles. The fourth-order valence-electron chi connectivity index (χ4n) is 6.36. The van der Waals surface area contributed by atoms with E-state index in [4.69, 9.17) is 4.42 Å². The quantitative estimate of drug-likeness (QED) is 0.222. The van der Waals surface area contributed by atoms with E-state index >= 15 is 0 Å². The van der Waals surface area contributed by atoms with E-state index in [2.05, 4.69) is 134 Å². The molecule has 0 saturated carbocycles. The molecular weight excluding hydrogens is 460 g/mol. The zero-order chi connectivity index (χ0) is 25.2. The summed E-state index contributed by atoms with van der Waals surface area (Å²) in [5.41, 5.74) is 8.15. The maximum absolute atomic E-state index is 6.38. The predicted molar refractivity (Wildman–Crippen MR) is 162 cm³/mol. The molecular formula is C37H24O. The van der Waals surface area contributed by atoms with Gasteiger partial charge in [-0.05, 0) is 85.3 Å². The van der Waals surface area contributed by atoms with Crippen LogP contribution in [0.25, 0.3) is 76.5 Å². The standard InChI is InChI=1S/C37H24O/c1-23-27-14-6-5-13-25(27)22-34-35(23)32-21-26(19-20-33(32)38-34)37-30-17-9-7-15-28(30)36(24-11-3-2-4-12-24)29-16-8-10-18-31(29)37/h2-22H,1H3. The lowest BCUT2D eigenvalue weighted by atomic mass is 9.85. The first-order valence-corrected chi connectivity index (χ1v) is 13.1. The summed E-state index contributed by atoms with van der Waals surface area (Å²) in [6.07, 6.45) is 0. The summed E-state index contributed by atoms with van der Waals surface area (Å²) in [4.78, 5) is 0. The molecule has 0 bridgehead atoms. The Morgan fingerprint density at radius 2 is 0.974 bits per heavy atom. The highest BCUT2D eigenvalue weighted by atomic mass is 16.3. The summed E-state index contributed by atoms with van der Waals surface area (Å²) in [5.74, 6) is 0. The lowest BCUT2D eigenvalue weighted by Gasteiger charge is -2.17. The molecule has 7 aromatic carbocycles. The second kappa shape index (κ2) is 8.06. The zero-order valence-corrected chi connectivity index (χ0v) is 21.0. The Bertz CT molecular complexity index is 2120. The highest BCUT2D eigenvalue weighted by Gasteiger charge is 2.18. The van der Waals surface area contributed by atoms with Crippen molar-refractivity contribution in [3.63, 3.8) is 0 Å². The van der Waals surface area contributed by atoms with Crippen molar-refractivity contribution < 1.29 is 4.42 Å². The molecule has 1 heteroatoms. The van der Waals surface area contributed by atoms with Gasteiger partial charge in [0.25, 0.3) is 0 Å². The number of furan rings is 1. The summed E-state index contributed by atoms with van der Waals surface area (Å²) < 4.78 is 6.38. The summed E-state index contributed by atoms with van der Waals surface area (Å²) in [6, 6.07) is 45.8. The van der Waals surface area contributed by atoms with Crippen molar-refractivity contribution in [3.05, 3.63) is 133 Å². The van der Waals surface area contributed by atoms with Crippen LogP contribution in [0.15, 0.2) is 132 Å². The maximum atomic E-state index is 6.38. The third-order valence-electron chi connectivity index (χ3n) is 8.02. The molecule has 0 amide bonds. The van der Waals surface area contributed by atoms with Crippen LogP contribution in [0.2, 0.25) is 0 Å². The van der Waals surface area contributed by atoms with Crippen molar-refractivity contribution in [3.8, 4) is 22.3 Å². The topological polar surface area (TPSA) is 13.1 Å². The Morgan fingerprint density at radius 3 is 1.63 bits per heavy atom. The monoisotopic (exact) mass is 484 g/mol. The van der Waals surface area contributed by atoms with Crippen LogP contribution in [-0.4, -0.2) is 0 Å². The van der Waals surface area contributed by atoms with Crippen molar-refractivity contribution in [2.45, 2.75) is 6.92 Å². The molecule has 0 unspecified atom stereocenters. The molecule has 0 aliphatic carbocycles. The van der Waals surface area contributed by atoms with E-state index in [1.807, 2.05) is 0 Å². The van der Waals surface area contributed by atoms with Gasteiger partial charge in [0.2, 0.25) is 0 Å². The largest absolute Gasteiger partial charge is 0.456 e. The molecule has 0 aliphatic heterocycles. The number of rotatable bonds is 2. The highest BCUT2D eigenvalue weighted by molar-refractivity contribution is 6.22. The number of benzene rings is 7. The number of aryl methyl sites for hydroxylation is 1. The second-order valence-electron chi connectivity index (χ2n) is 10.1. The fourth-order valence-corrected chi connectivity index (χ4v) is 6.36. The van der Waals surface area contributed by atoms with Gasteiger partial charge >= 0.3 is 0 Å². The first-order valence-electron chi connectivity index (χ1n) is 13.1. The molecule has 0 aliphatic rings. The van der Waals surface area contributed by atoms with E-state index in [1.54, 1.807) is 0 Å². The third kappa shape index (κ3) is 2.99. The van der Waals surface area contributed by atoms with Crippen molar-refractivity contribution in [1.29, 1.82) is 0 Å². The van der Waals surface area contributed by atoms with E-state index in [9.17, 15) is 0 Å². The molecule has 178 valence electrons. The normalized spacial score (nSPS) is 11.8. The Balaban J connectivity index is 1.49. The summed E-state index contributed by atoms with van der Waals surface area (Å²) in [7, 11) is 0. The predicted octanol–water partition coefficient (Wildman–Crippen LogP) is 10.7. The van der Waals surface area contributed by atoms with Gasteiger partial charge < -0.3 is 4.42 Å². The Hall–Kier alpha value is -4.88. The average molecular weight is 485 g/mol. The molecule has 1 heterocycles. The fraction of sp³-hybridized carbons (Fsp3) is 0.0270. The number of hydrogen-bond donors (Lipinski definition) is 0. The molecule has 0 atom stereocenters. The molecule has 0 radical (unpaired) electrons. The number of hydrogen-bond acceptors (Lipinski definition) is 1. The number of fused-ring (bicyclic) bond motifs is 6. The minimum Gasteiger partial charge on any atom is -0.456 e. The smallest absolute Gasteiger partial charge is 0.136 e. The molecule has 0 fully saturated rings. The van der Waals surface area contributed by atoms with Gasteiger partial charge in [-0.2, -0.15) is 0 Å². The Kier molecular flexibility index (Phi) is 4.50. The van der Waals surface area contributed by atoms with Crippen molar-refractivity contribution in [2.24, 2.45) is 0 Å². The van der Waals surface area contributed by atoms with Gasteiger partial charge in [-0.1, -0.05) is 109 Å². The Morgan fingerprint density at radius 1 is 0.421 bits per heavy atom. The molecule has 1 nitrogen and oxygen atoms in total. The highest BCUT2D eigenvalue weighted by Crippen LogP contribution is 2.45.